The van der Waals surface area contributed by atoms with Crippen LogP contribution in [0.2, 0.25) is 0 Å². The first kappa shape index (κ1) is 7.61. The smallest absolute Gasteiger partial charge is 0.176 e. The summed E-state index contributed by atoms with van der Waals surface area (Å²) < 4.78 is 2.66. The molecule has 0 aliphatic carbocycles. The van der Waals surface area contributed by atoms with Crippen LogP contribution in [-0.2, 0) is 0 Å². The van der Waals surface area contributed by atoms with Gasteiger partial charge in [-0.15, -0.1) is 0 Å². The van der Waals surface area contributed by atoms with Crippen LogP contribution in [0.25, 0.3) is 11.4 Å². The van der Waals surface area contributed by atoms with E-state index in [2.05, 4.69) is 20.9 Å². The standard InChI is InChI=1S/C8H7BrN2O/c1-12-11-5-3-7(9)6-2-4-10-8(6)11/h2-5H,1H3. The molecule has 0 saturated heterocycles. The molecule has 3 nitrogen and oxygen atoms in total. The molecule has 62 valence electrons. The average Bonchev–Trinajstić information content (AvgIpc) is 2.54. The summed E-state index contributed by atoms with van der Waals surface area (Å²) in [6.07, 6.45) is 3.57. The SMILES string of the molecule is COn1ccc(Br)c2ccnc1-2. The number of fused-ring (bicyclic) bond motifs is 1. The van der Waals surface area contributed by atoms with E-state index in [0.717, 1.165) is 15.9 Å². The number of nitrogens with zero attached hydrogens (tertiary/aromatic N) is 2. The van der Waals surface area contributed by atoms with Gasteiger partial charge in [-0.3, -0.25) is 0 Å². The fourth-order valence-corrected chi connectivity index (χ4v) is 1.56. The molecule has 0 aromatic carbocycles. The summed E-state index contributed by atoms with van der Waals surface area (Å²) in [6.45, 7) is 0. The number of hydrogen-bond acceptors (Lipinski definition) is 2. The number of rotatable bonds is 1. The van der Waals surface area contributed by atoms with Crippen molar-refractivity contribution in [2.24, 2.45) is 0 Å². The molecule has 0 unspecified atom stereocenters. The second-order valence-corrected chi connectivity index (χ2v) is 3.21. The average molecular weight is 227 g/mol. The van der Waals surface area contributed by atoms with E-state index >= 15 is 0 Å². The molecule has 4 heteroatoms. The number of pyridine rings is 1. The van der Waals surface area contributed by atoms with Crippen molar-refractivity contribution in [3.63, 3.8) is 0 Å². The second kappa shape index (κ2) is 2.79. The molecule has 0 radical (unpaired) electrons. The molecule has 2 rings (SSSR count). The first-order valence-corrected chi connectivity index (χ1v) is 4.28. The maximum atomic E-state index is 5.07. The van der Waals surface area contributed by atoms with E-state index in [9.17, 15) is 0 Å². The van der Waals surface area contributed by atoms with Crippen molar-refractivity contribution in [2.75, 3.05) is 7.11 Å². The molecule has 2 aliphatic rings. The van der Waals surface area contributed by atoms with Gasteiger partial charge in [0.25, 0.3) is 0 Å². The number of hydrogen-bond donors (Lipinski definition) is 0. The van der Waals surface area contributed by atoms with Gasteiger partial charge in [0, 0.05) is 22.4 Å². The van der Waals surface area contributed by atoms with E-state index < -0.39 is 0 Å². The van der Waals surface area contributed by atoms with Crippen molar-refractivity contribution >= 4 is 15.9 Å². The molecule has 0 spiro atoms. The molecule has 0 amide bonds. The molecular formula is C8H7BrN2O. The normalized spacial score (nSPS) is 10.5. The summed E-state index contributed by atoms with van der Waals surface area (Å²) in [4.78, 5) is 9.23. The highest BCUT2D eigenvalue weighted by Crippen LogP contribution is 2.27. The van der Waals surface area contributed by atoms with Gasteiger partial charge in [0.15, 0.2) is 5.82 Å². The van der Waals surface area contributed by atoms with Crippen LogP contribution < -0.4 is 4.84 Å². The Labute approximate surface area is 78.4 Å². The summed E-state index contributed by atoms with van der Waals surface area (Å²) >= 11 is 3.43. The molecule has 0 fully saturated rings. The zero-order valence-corrected chi connectivity index (χ0v) is 8.08. The van der Waals surface area contributed by atoms with E-state index in [-0.39, 0.29) is 0 Å². The van der Waals surface area contributed by atoms with E-state index in [4.69, 9.17) is 4.84 Å². The van der Waals surface area contributed by atoms with Crippen molar-refractivity contribution < 1.29 is 4.84 Å². The Morgan fingerprint density at radius 3 is 3.08 bits per heavy atom. The fourth-order valence-electron chi connectivity index (χ4n) is 1.13. The third-order valence-corrected chi connectivity index (χ3v) is 2.39. The van der Waals surface area contributed by atoms with Crippen LogP contribution in [0.3, 0.4) is 0 Å². The highest BCUT2D eigenvalue weighted by molar-refractivity contribution is 9.10. The van der Waals surface area contributed by atoms with Crippen molar-refractivity contribution in [3.8, 4) is 11.4 Å². The van der Waals surface area contributed by atoms with Crippen molar-refractivity contribution in [2.45, 2.75) is 0 Å². The van der Waals surface area contributed by atoms with Gasteiger partial charge in [0.1, 0.15) is 7.11 Å². The first-order chi connectivity index (χ1) is 5.83. The van der Waals surface area contributed by atoms with Gasteiger partial charge >= 0.3 is 0 Å². The van der Waals surface area contributed by atoms with E-state index in [0.29, 0.717) is 0 Å². The van der Waals surface area contributed by atoms with Crippen molar-refractivity contribution in [1.82, 2.24) is 9.71 Å². The maximum absolute atomic E-state index is 5.07. The van der Waals surface area contributed by atoms with Crippen LogP contribution in [0.4, 0.5) is 0 Å². The predicted octanol–water partition coefficient (Wildman–Crippen LogP) is 1.81. The Kier molecular flexibility index (Phi) is 1.77. The quantitative estimate of drug-likeness (QED) is 0.742. The van der Waals surface area contributed by atoms with Crippen molar-refractivity contribution in [3.05, 3.63) is 29.0 Å². The Hall–Kier alpha value is -1.03. The third kappa shape index (κ3) is 0.992. The monoisotopic (exact) mass is 226 g/mol. The molecule has 0 saturated carbocycles. The first-order valence-electron chi connectivity index (χ1n) is 3.49. The van der Waals surface area contributed by atoms with E-state index in [1.165, 1.54) is 0 Å². The Bertz CT molecular complexity index is 372. The second-order valence-electron chi connectivity index (χ2n) is 2.35. The summed E-state index contributed by atoms with van der Waals surface area (Å²) in [7, 11) is 1.61. The minimum absolute atomic E-state index is 0.826. The zero-order chi connectivity index (χ0) is 8.55. The molecule has 0 atom stereocenters. The van der Waals surface area contributed by atoms with Gasteiger partial charge in [-0.2, -0.15) is 4.73 Å². The van der Waals surface area contributed by atoms with Crippen LogP contribution in [-0.4, -0.2) is 16.8 Å². The lowest BCUT2D eigenvalue weighted by atomic mass is 10.3. The Morgan fingerprint density at radius 2 is 2.33 bits per heavy atom. The molecule has 0 aromatic rings. The van der Waals surface area contributed by atoms with Gasteiger partial charge in [-0.25, -0.2) is 4.98 Å². The highest BCUT2D eigenvalue weighted by Gasteiger charge is 2.11. The molecule has 0 aromatic heterocycles. The van der Waals surface area contributed by atoms with Crippen LogP contribution in [0.5, 0.6) is 0 Å². The lowest BCUT2D eigenvalue weighted by Crippen LogP contribution is -2.09. The molecule has 0 N–H and O–H groups in total. The lowest BCUT2D eigenvalue weighted by molar-refractivity contribution is 0.167. The van der Waals surface area contributed by atoms with Crippen LogP contribution in [0.15, 0.2) is 29.0 Å². The lowest BCUT2D eigenvalue weighted by Gasteiger charge is -2.09. The van der Waals surface area contributed by atoms with Crippen LogP contribution in [0.1, 0.15) is 0 Å². The number of halogens is 1. The van der Waals surface area contributed by atoms with E-state index in [1.54, 1.807) is 18.0 Å². The highest BCUT2D eigenvalue weighted by atomic mass is 79.9. The Morgan fingerprint density at radius 1 is 1.50 bits per heavy atom. The van der Waals surface area contributed by atoms with Gasteiger partial charge in [-0.05, 0) is 28.1 Å². The zero-order valence-electron chi connectivity index (χ0n) is 6.49. The summed E-state index contributed by atoms with van der Waals surface area (Å²) in [6, 6.07) is 3.86. The molecule has 2 heterocycles. The van der Waals surface area contributed by atoms with Crippen molar-refractivity contribution in [1.29, 1.82) is 0 Å². The minimum Gasteiger partial charge on any atom is -0.416 e. The van der Waals surface area contributed by atoms with Gasteiger partial charge in [-0.1, -0.05) is 0 Å². The Balaban J connectivity index is 2.71. The summed E-state index contributed by atoms with van der Waals surface area (Å²) in [5, 5.41) is 0. The topological polar surface area (TPSA) is 27.1 Å². The molecule has 12 heavy (non-hydrogen) atoms. The maximum Gasteiger partial charge on any atom is 0.176 e. The minimum atomic E-state index is 0.826. The fraction of sp³-hybridized carbons (Fsp3) is 0.125. The third-order valence-electron chi connectivity index (χ3n) is 1.70. The van der Waals surface area contributed by atoms with Gasteiger partial charge < -0.3 is 4.84 Å². The predicted molar refractivity (Wildman–Crippen MR) is 49.1 cm³/mol. The van der Waals surface area contributed by atoms with E-state index in [1.807, 2.05) is 18.3 Å². The molecule has 2 aliphatic heterocycles. The number of aromatic nitrogens is 2. The molecular weight excluding hydrogens is 220 g/mol. The van der Waals surface area contributed by atoms with Crippen LogP contribution >= 0.6 is 15.9 Å². The molecule has 0 bridgehead atoms. The summed E-state index contributed by atoms with van der Waals surface area (Å²) in [5.74, 6) is 0.826. The van der Waals surface area contributed by atoms with Crippen LogP contribution in [0, 0.1) is 0 Å². The van der Waals surface area contributed by atoms with Gasteiger partial charge in [0.05, 0.1) is 0 Å². The summed E-state index contributed by atoms with van der Waals surface area (Å²) in [5.41, 5.74) is 1.05. The largest absolute Gasteiger partial charge is 0.416 e. The van der Waals surface area contributed by atoms with Gasteiger partial charge in [0.2, 0.25) is 0 Å².